The average molecular weight is 299 g/mol. The van der Waals surface area contributed by atoms with Crippen LogP contribution >= 0.6 is 15.9 Å². The lowest BCUT2D eigenvalue weighted by molar-refractivity contribution is 0.102. The van der Waals surface area contributed by atoms with Gasteiger partial charge in [-0.25, -0.2) is 4.39 Å². The summed E-state index contributed by atoms with van der Waals surface area (Å²) in [4.78, 5) is 11.7. The first kappa shape index (κ1) is 11.8. The van der Waals surface area contributed by atoms with E-state index in [-0.39, 0.29) is 5.56 Å². The number of hydrogen-bond donors (Lipinski definition) is 1. The van der Waals surface area contributed by atoms with Gasteiger partial charge in [-0.2, -0.15) is 0 Å². The number of carbonyl (C=O) groups is 1. The summed E-state index contributed by atoms with van der Waals surface area (Å²) in [5, 5.41) is 6.12. The number of nitrogens with one attached hydrogen (secondary N) is 1. The van der Waals surface area contributed by atoms with Crippen molar-refractivity contribution in [1.82, 2.24) is 5.16 Å². The molecular formula is C11H8BrFN2O2. The minimum Gasteiger partial charge on any atom is -0.360 e. The number of aromatic nitrogens is 1. The van der Waals surface area contributed by atoms with Gasteiger partial charge in [-0.1, -0.05) is 21.1 Å². The number of benzene rings is 1. The maximum Gasteiger partial charge on any atom is 0.257 e. The molecule has 0 atom stereocenters. The first-order valence-corrected chi connectivity index (χ1v) is 5.54. The van der Waals surface area contributed by atoms with Crippen molar-refractivity contribution in [2.45, 2.75) is 6.92 Å². The van der Waals surface area contributed by atoms with E-state index in [1.54, 1.807) is 13.0 Å². The van der Waals surface area contributed by atoms with Crippen LogP contribution in [0.2, 0.25) is 0 Å². The molecule has 1 amide bonds. The van der Waals surface area contributed by atoms with Crippen molar-refractivity contribution < 1.29 is 13.7 Å². The first-order chi connectivity index (χ1) is 8.04. The summed E-state index contributed by atoms with van der Waals surface area (Å²) in [6.07, 6.45) is 0. The van der Waals surface area contributed by atoms with Crippen molar-refractivity contribution >= 4 is 27.7 Å². The van der Waals surface area contributed by atoms with E-state index in [2.05, 4.69) is 26.4 Å². The Hall–Kier alpha value is -1.69. The van der Waals surface area contributed by atoms with Crippen LogP contribution in [0.5, 0.6) is 0 Å². The Morgan fingerprint density at radius 3 is 2.76 bits per heavy atom. The molecule has 2 aromatic rings. The fourth-order valence-corrected chi connectivity index (χ4v) is 1.76. The van der Waals surface area contributed by atoms with E-state index in [0.29, 0.717) is 16.1 Å². The van der Waals surface area contributed by atoms with Crippen LogP contribution in [0.4, 0.5) is 10.2 Å². The van der Waals surface area contributed by atoms with Crippen molar-refractivity contribution in [2.24, 2.45) is 0 Å². The highest BCUT2D eigenvalue weighted by Crippen LogP contribution is 2.16. The third-order valence-corrected chi connectivity index (χ3v) is 2.45. The highest BCUT2D eigenvalue weighted by molar-refractivity contribution is 9.10. The van der Waals surface area contributed by atoms with Gasteiger partial charge in [0.2, 0.25) is 0 Å². The molecule has 88 valence electrons. The number of amides is 1. The van der Waals surface area contributed by atoms with Crippen LogP contribution in [0.3, 0.4) is 0 Å². The summed E-state index contributed by atoms with van der Waals surface area (Å²) in [6.45, 7) is 1.71. The van der Waals surface area contributed by atoms with Gasteiger partial charge in [-0.05, 0) is 25.1 Å². The molecule has 2 rings (SSSR count). The summed E-state index contributed by atoms with van der Waals surface area (Å²) < 4.78 is 18.4. The summed E-state index contributed by atoms with van der Waals surface area (Å²) in [7, 11) is 0. The second-order valence-electron chi connectivity index (χ2n) is 3.44. The van der Waals surface area contributed by atoms with Gasteiger partial charge in [-0.3, -0.25) is 4.79 Å². The summed E-state index contributed by atoms with van der Waals surface area (Å²) in [5.74, 6) is -0.0482. The normalized spacial score (nSPS) is 10.3. The van der Waals surface area contributed by atoms with Gasteiger partial charge in [0.15, 0.2) is 5.82 Å². The summed E-state index contributed by atoms with van der Waals surface area (Å²) in [5.41, 5.74) is 0.206. The Morgan fingerprint density at radius 2 is 2.18 bits per heavy atom. The van der Waals surface area contributed by atoms with Crippen LogP contribution in [-0.4, -0.2) is 11.1 Å². The molecule has 1 N–H and O–H groups in total. The van der Waals surface area contributed by atoms with Crippen molar-refractivity contribution in [3.8, 4) is 0 Å². The molecule has 0 spiro atoms. The Kier molecular flexibility index (Phi) is 3.23. The minimum absolute atomic E-state index is 0.206. The second-order valence-corrected chi connectivity index (χ2v) is 4.35. The molecule has 0 saturated carbocycles. The molecule has 0 aliphatic carbocycles. The molecule has 6 heteroatoms. The lowest BCUT2D eigenvalue weighted by Crippen LogP contribution is -2.12. The van der Waals surface area contributed by atoms with Crippen molar-refractivity contribution in [3.63, 3.8) is 0 Å². The van der Waals surface area contributed by atoms with E-state index in [0.717, 1.165) is 6.07 Å². The Morgan fingerprint density at radius 1 is 1.41 bits per heavy atom. The number of hydrogen-bond acceptors (Lipinski definition) is 3. The molecule has 17 heavy (non-hydrogen) atoms. The third kappa shape index (κ3) is 2.91. The van der Waals surface area contributed by atoms with Crippen LogP contribution in [0.15, 0.2) is 33.3 Å². The predicted octanol–water partition coefficient (Wildman–Crippen LogP) is 3.14. The molecule has 1 aromatic carbocycles. The second kappa shape index (κ2) is 4.67. The number of anilines is 1. The molecule has 0 bridgehead atoms. The lowest BCUT2D eigenvalue weighted by Gasteiger charge is -2.02. The van der Waals surface area contributed by atoms with Crippen molar-refractivity contribution in [1.29, 1.82) is 0 Å². The van der Waals surface area contributed by atoms with Gasteiger partial charge in [0.1, 0.15) is 11.6 Å². The van der Waals surface area contributed by atoms with E-state index < -0.39 is 11.7 Å². The highest BCUT2D eigenvalue weighted by atomic mass is 79.9. The van der Waals surface area contributed by atoms with Gasteiger partial charge < -0.3 is 9.84 Å². The van der Waals surface area contributed by atoms with E-state index in [9.17, 15) is 9.18 Å². The number of carbonyl (C=O) groups excluding carboxylic acids is 1. The van der Waals surface area contributed by atoms with E-state index >= 15 is 0 Å². The van der Waals surface area contributed by atoms with Crippen LogP contribution in [0, 0.1) is 12.7 Å². The molecule has 0 unspecified atom stereocenters. The van der Waals surface area contributed by atoms with Gasteiger partial charge in [0.05, 0.1) is 0 Å². The summed E-state index contributed by atoms with van der Waals surface area (Å²) >= 11 is 3.12. The fraction of sp³-hybridized carbons (Fsp3) is 0.0909. The third-order valence-electron chi connectivity index (χ3n) is 1.99. The maximum atomic E-state index is 13.1. The Labute approximate surface area is 105 Å². The Balaban J connectivity index is 2.19. The molecule has 0 aliphatic heterocycles. The van der Waals surface area contributed by atoms with E-state index in [1.165, 1.54) is 12.1 Å². The zero-order valence-corrected chi connectivity index (χ0v) is 10.4. The number of halogens is 2. The largest absolute Gasteiger partial charge is 0.360 e. The lowest BCUT2D eigenvalue weighted by atomic mass is 10.2. The number of nitrogens with zero attached hydrogens (tertiary/aromatic N) is 1. The SMILES string of the molecule is Cc1cc(NC(=O)c2cc(F)cc(Br)c2)no1. The molecule has 0 saturated heterocycles. The Bertz CT molecular complexity index is 548. The highest BCUT2D eigenvalue weighted by Gasteiger charge is 2.10. The van der Waals surface area contributed by atoms with Crippen molar-refractivity contribution in [3.05, 3.63) is 45.9 Å². The summed E-state index contributed by atoms with van der Waals surface area (Å²) in [6, 6.07) is 5.52. The topological polar surface area (TPSA) is 55.1 Å². The quantitative estimate of drug-likeness (QED) is 0.927. The average Bonchev–Trinajstić information content (AvgIpc) is 2.62. The minimum atomic E-state index is -0.485. The monoisotopic (exact) mass is 298 g/mol. The smallest absolute Gasteiger partial charge is 0.257 e. The molecule has 1 heterocycles. The molecule has 0 fully saturated rings. The first-order valence-electron chi connectivity index (χ1n) is 4.75. The number of aryl methyl sites for hydroxylation is 1. The fourth-order valence-electron chi connectivity index (χ4n) is 1.30. The zero-order chi connectivity index (χ0) is 12.4. The maximum absolute atomic E-state index is 13.1. The van der Waals surface area contributed by atoms with Gasteiger partial charge in [0.25, 0.3) is 5.91 Å². The standard InChI is InChI=1S/C11H8BrFN2O2/c1-6-2-10(15-17-6)14-11(16)7-3-8(12)5-9(13)4-7/h2-5H,1H3,(H,14,15,16). The van der Waals surface area contributed by atoms with Crippen LogP contribution in [-0.2, 0) is 0 Å². The van der Waals surface area contributed by atoms with Crippen LogP contribution < -0.4 is 5.32 Å². The zero-order valence-electron chi connectivity index (χ0n) is 8.83. The van der Waals surface area contributed by atoms with Gasteiger partial charge >= 0.3 is 0 Å². The number of rotatable bonds is 2. The van der Waals surface area contributed by atoms with Crippen molar-refractivity contribution in [2.75, 3.05) is 5.32 Å². The molecule has 4 nitrogen and oxygen atoms in total. The molecule has 0 radical (unpaired) electrons. The van der Waals surface area contributed by atoms with Gasteiger partial charge in [-0.15, -0.1) is 0 Å². The predicted molar refractivity (Wildman–Crippen MR) is 63.3 cm³/mol. The van der Waals surface area contributed by atoms with E-state index in [4.69, 9.17) is 4.52 Å². The molecule has 0 aliphatic rings. The van der Waals surface area contributed by atoms with E-state index in [1.807, 2.05) is 0 Å². The van der Waals surface area contributed by atoms with Gasteiger partial charge in [0, 0.05) is 16.1 Å². The van der Waals surface area contributed by atoms with Crippen LogP contribution in [0.25, 0.3) is 0 Å². The molecular weight excluding hydrogens is 291 g/mol. The van der Waals surface area contributed by atoms with Crippen LogP contribution in [0.1, 0.15) is 16.1 Å². The molecule has 1 aromatic heterocycles.